The number of hydrogen-bond donors (Lipinski definition) is 1. The Morgan fingerprint density at radius 3 is 2.42 bits per heavy atom. The van der Waals surface area contributed by atoms with Crippen LogP contribution >= 0.6 is 0 Å². The second-order valence-electron chi connectivity index (χ2n) is 9.37. The van der Waals surface area contributed by atoms with E-state index in [1.165, 1.54) is 12.0 Å². The molecule has 0 saturated heterocycles. The fraction of sp³-hybridized carbons (Fsp3) is 0.393. The zero-order valence-electron chi connectivity index (χ0n) is 19.0. The number of pyridine rings is 1. The molecule has 2 atom stereocenters. The maximum absolute atomic E-state index is 13.6. The zero-order valence-corrected chi connectivity index (χ0v) is 19.0. The number of dihydropyridines is 1. The Hall–Kier alpha value is -3.21. The summed E-state index contributed by atoms with van der Waals surface area (Å²) >= 11 is 0. The number of hydrogen-bond acceptors (Lipinski definition) is 5. The van der Waals surface area contributed by atoms with E-state index < -0.39 is 5.92 Å². The van der Waals surface area contributed by atoms with Gasteiger partial charge in [0.1, 0.15) is 6.10 Å². The molecule has 5 heteroatoms. The number of Topliss-reactive ketones (excluding diaryl/α,β-unsaturated/α-hetero) is 1. The standard InChI is InChI=1S/C28H30N2O3/c1-18-25(28(32)33-22-10-6-3-7-11-22)26(20-12-14-29-15-13-20)27-23(30-18)16-21(17-24(27)31)19-8-4-2-5-9-19/h2,4-5,8-9,12-15,21-22,26,30H,3,6-7,10-11,16-17H2,1H3/t21-,26-/m0/s1. The van der Waals surface area contributed by atoms with Crippen LogP contribution in [0.15, 0.2) is 77.4 Å². The van der Waals surface area contributed by atoms with Crippen molar-refractivity contribution >= 4 is 11.8 Å². The summed E-state index contributed by atoms with van der Waals surface area (Å²) in [6.45, 7) is 1.92. The second-order valence-corrected chi connectivity index (χ2v) is 9.37. The lowest BCUT2D eigenvalue weighted by Crippen LogP contribution is -2.37. The van der Waals surface area contributed by atoms with Crippen molar-refractivity contribution in [1.82, 2.24) is 10.3 Å². The third-order valence-corrected chi connectivity index (χ3v) is 7.18. The van der Waals surface area contributed by atoms with Gasteiger partial charge in [-0.2, -0.15) is 0 Å². The SMILES string of the molecule is CC1=C(C(=O)OC2CCCCC2)[C@H](c2ccncc2)C2=C(C[C@H](c3ccccc3)CC2=O)N1. The quantitative estimate of drug-likeness (QED) is 0.649. The van der Waals surface area contributed by atoms with E-state index in [0.717, 1.165) is 49.1 Å². The first-order valence-electron chi connectivity index (χ1n) is 12.0. The normalized spacial score (nSPS) is 23.7. The van der Waals surface area contributed by atoms with Crippen LogP contribution in [-0.4, -0.2) is 22.8 Å². The highest BCUT2D eigenvalue weighted by molar-refractivity contribution is 6.04. The van der Waals surface area contributed by atoms with Gasteiger partial charge in [-0.05, 0) is 68.2 Å². The predicted molar refractivity (Wildman–Crippen MR) is 126 cm³/mol. The molecule has 0 amide bonds. The van der Waals surface area contributed by atoms with Gasteiger partial charge < -0.3 is 10.1 Å². The first-order chi connectivity index (χ1) is 16.1. The summed E-state index contributed by atoms with van der Waals surface area (Å²) in [5, 5.41) is 3.44. The lowest BCUT2D eigenvalue weighted by molar-refractivity contribution is -0.146. The van der Waals surface area contributed by atoms with E-state index in [1.54, 1.807) is 12.4 Å². The van der Waals surface area contributed by atoms with Crippen LogP contribution in [0.1, 0.15) is 74.8 Å². The molecule has 1 aromatic carbocycles. The summed E-state index contributed by atoms with van der Waals surface area (Å²) in [4.78, 5) is 31.2. The molecule has 0 radical (unpaired) electrons. The number of rotatable bonds is 4. The van der Waals surface area contributed by atoms with E-state index in [2.05, 4.69) is 22.4 Å². The molecule has 2 heterocycles. The molecule has 1 fully saturated rings. The molecule has 3 aliphatic rings. The Kier molecular flexibility index (Phi) is 6.12. The lowest BCUT2D eigenvalue weighted by atomic mass is 9.72. The first-order valence-corrected chi connectivity index (χ1v) is 12.0. The second kappa shape index (κ2) is 9.34. The van der Waals surface area contributed by atoms with Gasteiger partial charge in [-0.1, -0.05) is 36.8 Å². The minimum Gasteiger partial charge on any atom is -0.459 e. The molecular formula is C28H30N2O3. The molecule has 0 spiro atoms. The smallest absolute Gasteiger partial charge is 0.337 e. The summed E-state index contributed by atoms with van der Waals surface area (Å²) in [6.07, 6.45) is 9.80. The molecule has 2 aliphatic carbocycles. The van der Waals surface area contributed by atoms with E-state index in [1.807, 2.05) is 37.3 Å². The monoisotopic (exact) mass is 442 g/mol. The Morgan fingerprint density at radius 1 is 0.970 bits per heavy atom. The van der Waals surface area contributed by atoms with Gasteiger partial charge in [0.15, 0.2) is 5.78 Å². The molecule has 1 aliphatic heterocycles. The van der Waals surface area contributed by atoms with Crippen LogP contribution in [0.4, 0.5) is 0 Å². The Morgan fingerprint density at radius 2 is 1.70 bits per heavy atom. The van der Waals surface area contributed by atoms with Crippen molar-refractivity contribution in [2.75, 3.05) is 0 Å². The summed E-state index contributed by atoms with van der Waals surface area (Å²) in [6, 6.07) is 14.0. The van der Waals surface area contributed by atoms with Gasteiger partial charge in [0.05, 0.1) is 5.57 Å². The van der Waals surface area contributed by atoms with E-state index in [0.29, 0.717) is 17.6 Å². The Bertz CT molecular complexity index is 1100. The number of allylic oxidation sites excluding steroid dienone is 3. The van der Waals surface area contributed by atoms with Gasteiger partial charge >= 0.3 is 5.97 Å². The third kappa shape index (κ3) is 4.37. The topological polar surface area (TPSA) is 68.3 Å². The van der Waals surface area contributed by atoms with Crippen LogP contribution in [0, 0.1) is 0 Å². The van der Waals surface area contributed by atoms with Gasteiger partial charge in [0.2, 0.25) is 0 Å². The largest absolute Gasteiger partial charge is 0.459 e. The van der Waals surface area contributed by atoms with Gasteiger partial charge in [-0.25, -0.2) is 4.79 Å². The van der Waals surface area contributed by atoms with Crippen molar-refractivity contribution in [3.8, 4) is 0 Å². The van der Waals surface area contributed by atoms with Crippen molar-refractivity contribution in [2.45, 2.75) is 69.8 Å². The van der Waals surface area contributed by atoms with Gasteiger partial charge in [0.25, 0.3) is 0 Å². The molecule has 33 heavy (non-hydrogen) atoms. The fourth-order valence-electron chi connectivity index (χ4n) is 5.56. The van der Waals surface area contributed by atoms with E-state index in [9.17, 15) is 9.59 Å². The van der Waals surface area contributed by atoms with Crippen molar-refractivity contribution in [2.24, 2.45) is 0 Å². The Labute approximate surface area is 195 Å². The first kappa shape index (κ1) is 21.6. The molecule has 2 aromatic rings. The number of benzene rings is 1. The summed E-state index contributed by atoms with van der Waals surface area (Å²) in [5.41, 5.74) is 5.03. The van der Waals surface area contributed by atoms with Crippen LogP contribution in [-0.2, 0) is 14.3 Å². The van der Waals surface area contributed by atoms with Crippen LogP contribution in [0.25, 0.3) is 0 Å². The average Bonchev–Trinajstić information content (AvgIpc) is 2.84. The number of nitrogens with zero attached hydrogens (tertiary/aromatic N) is 1. The number of ketones is 1. The van der Waals surface area contributed by atoms with Crippen LogP contribution in [0.3, 0.4) is 0 Å². The molecule has 5 nitrogen and oxygen atoms in total. The molecule has 5 rings (SSSR count). The van der Waals surface area contributed by atoms with E-state index in [4.69, 9.17) is 4.74 Å². The van der Waals surface area contributed by atoms with Crippen LogP contribution < -0.4 is 5.32 Å². The van der Waals surface area contributed by atoms with E-state index in [-0.39, 0.29) is 23.8 Å². The molecule has 1 saturated carbocycles. The number of aromatic nitrogens is 1. The fourth-order valence-corrected chi connectivity index (χ4v) is 5.56. The average molecular weight is 443 g/mol. The molecule has 170 valence electrons. The number of carbonyl (C=O) groups excluding carboxylic acids is 2. The minimum absolute atomic E-state index is 0.0375. The van der Waals surface area contributed by atoms with Gasteiger partial charge in [0, 0.05) is 41.7 Å². The molecular weight excluding hydrogens is 412 g/mol. The van der Waals surface area contributed by atoms with Crippen molar-refractivity contribution in [1.29, 1.82) is 0 Å². The summed E-state index contributed by atoms with van der Waals surface area (Å²) in [5.74, 6) is -0.510. The molecule has 1 aromatic heterocycles. The van der Waals surface area contributed by atoms with Crippen molar-refractivity contribution in [3.63, 3.8) is 0 Å². The third-order valence-electron chi connectivity index (χ3n) is 7.18. The van der Waals surface area contributed by atoms with Crippen molar-refractivity contribution < 1.29 is 14.3 Å². The molecule has 0 unspecified atom stereocenters. The Balaban J connectivity index is 1.51. The summed E-state index contributed by atoms with van der Waals surface area (Å²) in [7, 11) is 0. The summed E-state index contributed by atoms with van der Waals surface area (Å²) < 4.78 is 5.97. The minimum atomic E-state index is -0.426. The maximum atomic E-state index is 13.6. The molecule has 1 N–H and O–H groups in total. The number of ether oxygens (including phenoxy) is 1. The zero-order chi connectivity index (χ0) is 22.8. The van der Waals surface area contributed by atoms with Crippen LogP contribution in [0.2, 0.25) is 0 Å². The van der Waals surface area contributed by atoms with Crippen molar-refractivity contribution in [3.05, 3.63) is 88.5 Å². The highest BCUT2D eigenvalue weighted by Crippen LogP contribution is 2.45. The number of carbonyl (C=O) groups is 2. The number of nitrogens with one attached hydrogen (secondary N) is 1. The van der Waals surface area contributed by atoms with Gasteiger partial charge in [-0.15, -0.1) is 0 Å². The van der Waals surface area contributed by atoms with E-state index >= 15 is 0 Å². The highest BCUT2D eigenvalue weighted by atomic mass is 16.5. The number of esters is 1. The van der Waals surface area contributed by atoms with Gasteiger partial charge in [-0.3, -0.25) is 9.78 Å². The predicted octanol–water partition coefficient (Wildman–Crippen LogP) is 5.32. The lowest BCUT2D eigenvalue weighted by Gasteiger charge is -2.37. The van der Waals surface area contributed by atoms with Crippen LogP contribution in [0.5, 0.6) is 0 Å². The maximum Gasteiger partial charge on any atom is 0.337 e. The molecule has 0 bridgehead atoms. The highest BCUT2D eigenvalue weighted by Gasteiger charge is 2.41.